The van der Waals surface area contributed by atoms with Gasteiger partial charge >= 0.3 is 15.6 Å². The van der Waals surface area contributed by atoms with Gasteiger partial charge in [0.25, 0.3) is 0 Å². The highest BCUT2D eigenvalue weighted by atomic mass is 31.2. The molecule has 15 nitrogen and oxygen atoms in total. The lowest BCUT2D eigenvalue weighted by Crippen LogP contribution is -2.61. The number of nitrogens with zero attached hydrogens (tertiary/aromatic N) is 2. The summed E-state index contributed by atoms with van der Waals surface area (Å²) in [6.45, 7) is -0.667. The highest BCUT2D eigenvalue weighted by Crippen LogP contribution is 2.59. The largest absolute Gasteiger partial charge is 0.477 e. The van der Waals surface area contributed by atoms with Gasteiger partial charge in [0.2, 0.25) is 0 Å². The maximum atomic E-state index is 13.2. The summed E-state index contributed by atoms with van der Waals surface area (Å²) in [6.07, 6.45) is -5.12. The second-order valence-corrected chi connectivity index (χ2v) is 12.5. The van der Waals surface area contributed by atoms with Crippen LogP contribution < -0.4 is 0 Å². The Morgan fingerprint density at radius 3 is 1.93 bits per heavy atom. The zero-order chi connectivity index (χ0) is 28.3. The second-order valence-electron chi connectivity index (χ2n) is 9.30. The van der Waals surface area contributed by atoms with Gasteiger partial charge < -0.3 is 25.2 Å². The maximum absolute atomic E-state index is 13.2. The first-order valence-electron chi connectivity index (χ1n) is 12.5. The van der Waals surface area contributed by atoms with Crippen LogP contribution >= 0.6 is 15.6 Å². The molecule has 2 unspecified atom stereocenters. The molecule has 3 saturated heterocycles. The molecule has 3 aliphatic rings. The van der Waals surface area contributed by atoms with Crippen LogP contribution in [0.2, 0.25) is 0 Å². The van der Waals surface area contributed by atoms with Gasteiger partial charge in [-0.25, -0.2) is 9.13 Å². The molecule has 2 aromatic rings. The zero-order valence-electron chi connectivity index (χ0n) is 21.0. The van der Waals surface area contributed by atoms with Gasteiger partial charge in [0.15, 0.2) is 6.29 Å². The molecule has 0 amide bonds. The van der Waals surface area contributed by atoms with Crippen molar-refractivity contribution >= 4 is 15.6 Å². The van der Waals surface area contributed by atoms with Crippen LogP contribution in [0.15, 0.2) is 49.1 Å². The normalized spacial score (nSPS) is 39.5. The highest BCUT2D eigenvalue weighted by Gasteiger charge is 2.51. The monoisotopic (exact) mass is 604 g/mol. The predicted molar refractivity (Wildman–Crippen MR) is 132 cm³/mol. The summed E-state index contributed by atoms with van der Waals surface area (Å²) >= 11 is 0. The molecule has 220 valence electrons. The summed E-state index contributed by atoms with van der Waals surface area (Å²) in [5.41, 5.74) is 1.38. The Bertz CT molecular complexity index is 1210. The van der Waals surface area contributed by atoms with Crippen molar-refractivity contribution in [2.24, 2.45) is 0 Å². The van der Waals surface area contributed by atoms with Crippen molar-refractivity contribution in [2.75, 3.05) is 19.8 Å². The Hall–Kier alpha value is -1.68. The van der Waals surface area contributed by atoms with E-state index >= 15 is 0 Å². The average Bonchev–Trinajstić information content (AvgIpc) is 2.97. The third-order valence-electron chi connectivity index (χ3n) is 6.55. The van der Waals surface area contributed by atoms with Gasteiger partial charge in [-0.3, -0.25) is 37.1 Å². The topological polar surface area (TPSA) is 205 Å². The van der Waals surface area contributed by atoms with Gasteiger partial charge in [0.1, 0.15) is 30.5 Å². The molecule has 0 aromatic carbocycles. The molecule has 3 fully saturated rings. The molecule has 5 heterocycles. The van der Waals surface area contributed by atoms with Crippen LogP contribution in [0, 0.1) is 0 Å². The van der Waals surface area contributed by atoms with E-state index in [4.69, 9.17) is 31.9 Å². The lowest BCUT2D eigenvalue weighted by molar-refractivity contribution is -0.294. The minimum absolute atomic E-state index is 0.00602. The lowest BCUT2D eigenvalue weighted by Gasteiger charge is -2.43. The Morgan fingerprint density at radius 2 is 1.35 bits per heavy atom. The van der Waals surface area contributed by atoms with Crippen molar-refractivity contribution in [1.82, 2.24) is 9.97 Å². The SMILES string of the molecule is O=P1(OC[C@@H](O)[C@H]2O[C@H](OP3(=O)OCC[C@H](c4ccncc4)O3)[C@@H](O)[C@@H](O)[C@@H]2O)OCC[C@@H](c2ccncc2)O1. The minimum Gasteiger partial charge on any atom is -0.388 e. The van der Waals surface area contributed by atoms with Gasteiger partial charge in [-0.2, -0.15) is 0 Å². The number of phosphoric acid groups is 2. The van der Waals surface area contributed by atoms with E-state index in [1.165, 1.54) is 12.4 Å². The Kier molecular flexibility index (Phi) is 9.44. The summed E-state index contributed by atoms with van der Waals surface area (Å²) < 4.78 is 63.9. The van der Waals surface area contributed by atoms with Gasteiger partial charge in [-0.15, -0.1) is 0 Å². The molecule has 4 N–H and O–H groups in total. The predicted octanol–water partition coefficient (Wildman–Crippen LogP) is 1.55. The third kappa shape index (κ3) is 6.85. The van der Waals surface area contributed by atoms with Crippen LogP contribution in [0.4, 0.5) is 0 Å². The van der Waals surface area contributed by atoms with Gasteiger partial charge in [-0.1, -0.05) is 0 Å². The molecule has 0 saturated carbocycles. The summed E-state index contributed by atoms with van der Waals surface area (Å²) in [5, 5.41) is 42.0. The zero-order valence-corrected chi connectivity index (χ0v) is 22.8. The first-order valence-corrected chi connectivity index (χ1v) is 15.4. The molecule has 5 rings (SSSR count). The molecule has 0 radical (unpaired) electrons. The number of pyridine rings is 2. The molecule has 40 heavy (non-hydrogen) atoms. The summed E-state index contributed by atoms with van der Waals surface area (Å²) in [4.78, 5) is 7.86. The Labute approximate surface area is 229 Å². The summed E-state index contributed by atoms with van der Waals surface area (Å²) in [5.74, 6) is 0. The van der Waals surface area contributed by atoms with Crippen molar-refractivity contribution in [2.45, 2.75) is 61.9 Å². The molecule has 17 heteroatoms. The van der Waals surface area contributed by atoms with E-state index in [2.05, 4.69) is 9.97 Å². The number of aliphatic hydroxyl groups excluding tert-OH is 4. The molecular formula is C23H30N2O13P2. The van der Waals surface area contributed by atoms with Crippen molar-refractivity contribution in [1.29, 1.82) is 0 Å². The quantitative estimate of drug-likeness (QED) is 0.316. The maximum Gasteiger partial charge on any atom is 0.477 e. The van der Waals surface area contributed by atoms with Gasteiger partial charge in [0, 0.05) is 37.6 Å². The van der Waals surface area contributed by atoms with Crippen LogP contribution in [0.3, 0.4) is 0 Å². The number of aromatic nitrogens is 2. The van der Waals surface area contributed by atoms with Crippen molar-refractivity contribution in [3.8, 4) is 0 Å². The summed E-state index contributed by atoms with van der Waals surface area (Å²) in [6, 6.07) is 6.73. The van der Waals surface area contributed by atoms with E-state index < -0.39 is 71.3 Å². The Morgan fingerprint density at radius 1 is 0.825 bits per heavy atom. The average molecular weight is 604 g/mol. The van der Waals surface area contributed by atoms with Gasteiger partial charge in [0.05, 0.1) is 32.0 Å². The fraction of sp³-hybridized carbons (Fsp3) is 0.565. The van der Waals surface area contributed by atoms with E-state index in [1.54, 1.807) is 36.7 Å². The van der Waals surface area contributed by atoms with Crippen LogP contribution in [-0.4, -0.2) is 87.0 Å². The smallest absolute Gasteiger partial charge is 0.388 e. The molecule has 0 spiro atoms. The minimum atomic E-state index is -4.33. The third-order valence-corrected chi connectivity index (χ3v) is 9.50. The van der Waals surface area contributed by atoms with Crippen LogP contribution in [0.5, 0.6) is 0 Å². The van der Waals surface area contributed by atoms with Crippen molar-refractivity contribution in [3.63, 3.8) is 0 Å². The molecule has 0 bridgehead atoms. The van der Waals surface area contributed by atoms with Crippen molar-refractivity contribution in [3.05, 3.63) is 60.2 Å². The van der Waals surface area contributed by atoms with E-state index in [1.807, 2.05) is 0 Å². The molecule has 3 aliphatic heterocycles. The highest BCUT2D eigenvalue weighted by molar-refractivity contribution is 7.48. The molecule has 10 atom stereocenters. The van der Waals surface area contributed by atoms with E-state index in [-0.39, 0.29) is 13.2 Å². The number of hydrogen-bond donors (Lipinski definition) is 4. The van der Waals surface area contributed by atoms with Crippen LogP contribution in [0.1, 0.15) is 36.2 Å². The fourth-order valence-electron chi connectivity index (χ4n) is 4.42. The van der Waals surface area contributed by atoms with Crippen molar-refractivity contribution < 1.29 is 61.4 Å². The number of hydrogen-bond acceptors (Lipinski definition) is 15. The van der Waals surface area contributed by atoms with Crippen LogP contribution in [0.25, 0.3) is 0 Å². The van der Waals surface area contributed by atoms with E-state index in [0.717, 1.165) is 0 Å². The van der Waals surface area contributed by atoms with E-state index in [0.29, 0.717) is 24.0 Å². The molecule has 2 aromatic heterocycles. The standard InChI is InChI=1S/C23H30N2O13P2/c26-16(13-34-39(30)32-11-5-17(36-39)14-1-7-24-8-2-14)22-20(28)19(27)21(29)23(35-22)38-40(31)33-12-6-18(37-40)15-3-9-25-10-4-15/h1-4,7-10,16-23,26-29H,5-6,11-13H2/t16-,17+,18-,19+,20+,21+,22-,23-,39?,40?/m1/s1. The summed E-state index contributed by atoms with van der Waals surface area (Å²) in [7, 11) is -8.46. The number of phosphoric ester groups is 2. The first-order chi connectivity index (χ1) is 19.2. The number of rotatable bonds is 8. The Balaban J connectivity index is 1.21. The number of aliphatic hydroxyl groups is 4. The first kappa shape index (κ1) is 29.8. The second kappa shape index (κ2) is 12.7. The lowest BCUT2D eigenvalue weighted by atomic mass is 9.96. The molecular weight excluding hydrogens is 574 g/mol. The molecule has 0 aliphatic carbocycles. The van der Waals surface area contributed by atoms with E-state index in [9.17, 15) is 29.6 Å². The fourth-order valence-corrected chi connectivity index (χ4v) is 7.29. The van der Waals surface area contributed by atoms with Crippen LogP contribution in [-0.2, 0) is 41.0 Å². The van der Waals surface area contributed by atoms with Gasteiger partial charge in [-0.05, 0) is 35.4 Å². The number of ether oxygens (including phenoxy) is 1.